The molecule has 0 aliphatic carbocycles. The molecular weight excluding hydrogens is 415 g/mol. The molecule has 1 aromatic heterocycles. The second-order valence-corrected chi connectivity index (χ2v) is 6.83. The number of nitro groups is 1. The van der Waals surface area contributed by atoms with Crippen molar-refractivity contribution in [3.63, 3.8) is 0 Å². The van der Waals surface area contributed by atoms with E-state index in [9.17, 15) is 19.3 Å². The molecule has 8 nitrogen and oxygen atoms in total. The molecular formula is C23H17FN4O4. The van der Waals surface area contributed by atoms with Gasteiger partial charge in [-0.25, -0.2) is 9.37 Å². The third-order valence-corrected chi connectivity index (χ3v) is 4.60. The molecule has 4 aromatic rings. The lowest BCUT2D eigenvalue weighted by atomic mass is 10.1. The molecule has 160 valence electrons. The number of rotatable bonds is 7. The molecule has 9 heteroatoms. The first-order valence-corrected chi connectivity index (χ1v) is 9.55. The van der Waals surface area contributed by atoms with E-state index >= 15 is 0 Å². The van der Waals surface area contributed by atoms with Crippen LogP contribution < -0.4 is 10.1 Å². The van der Waals surface area contributed by atoms with Crippen molar-refractivity contribution in [3.05, 3.63) is 113 Å². The van der Waals surface area contributed by atoms with Gasteiger partial charge in [-0.3, -0.25) is 14.9 Å². The number of carbonyl (C=O) groups is 1. The Morgan fingerprint density at radius 2 is 1.97 bits per heavy atom. The number of halogens is 1. The molecule has 32 heavy (non-hydrogen) atoms. The predicted molar refractivity (Wildman–Crippen MR) is 115 cm³/mol. The van der Waals surface area contributed by atoms with Crippen LogP contribution in [-0.4, -0.2) is 20.4 Å². The van der Waals surface area contributed by atoms with E-state index in [1.807, 2.05) is 0 Å². The Bertz CT molecular complexity index is 1270. The largest absolute Gasteiger partial charge is 0.489 e. The molecule has 0 spiro atoms. The summed E-state index contributed by atoms with van der Waals surface area (Å²) in [6.45, 7) is 0.164. The smallest absolute Gasteiger partial charge is 0.294 e. The molecule has 0 atom stereocenters. The van der Waals surface area contributed by atoms with Crippen LogP contribution in [0.3, 0.4) is 0 Å². The van der Waals surface area contributed by atoms with Crippen LogP contribution >= 0.6 is 0 Å². The molecule has 0 saturated heterocycles. The second-order valence-electron chi connectivity index (χ2n) is 6.83. The first-order valence-electron chi connectivity index (χ1n) is 9.55. The number of hydrogen-bond donors (Lipinski definition) is 1. The van der Waals surface area contributed by atoms with E-state index in [0.29, 0.717) is 22.7 Å². The number of aromatic nitrogens is 2. The summed E-state index contributed by atoms with van der Waals surface area (Å²) >= 11 is 0. The van der Waals surface area contributed by atoms with Crippen LogP contribution in [0.1, 0.15) is 15.9 Å². The summed E-state index contributed by atoms with van der Waals surface area (Å²) in [5.41, 5.74) is 1.34. The lowest BCUT2D eigenvalue weighted by molar-refractivity contribution is -0.384. The van der Waals surface area contributed by atoms with Gasteiger partial charge in [0.2, 0.25) is 0 Å². The van der Waals surface area contributed by atoms with Crippen LogP contribution in [0.4, 0.5) is 15.8 Å². The molecule has 0 saturated carbocycles. The normalized spacial score (nSPS) is 10.5. The number of nitrogens with zero attached hydrogens (tertiary/aromatic N) is 3. The Balaban J connectivity index is 1.48. The topological polar surface area (TPSA) is 99.3 Å². The molecule has 1 N–H and O–H groups in total. The molecule has 0 bridgehead atoms. The van der Waals surface area contributed by atoms with Gasteiger partial charge in [-0.05, 0) is 42.0 Å². The van der Waals surface area contributed by atoms with E-state index in [4.69, 9.17) is 4.74 Å². The van der Waals surface area contributed by atoms with Crippen LogP contribution in [0.2, 0.25) is 0 Å². The third kappa shape index (κ3) is 4.78. The summed E-state index contributed by atoms with van der Waals surface area (Å²) in [4.78, 5) is 27.5. The summed E-state index contributed by atoms with van der Waals surface area (Å²) < 4.78 is 20.5. The molecule has 1 amide bonds. The Hall–Kier alpha value is -4.53. The van der Waals surface area contributed by atoms with Crippen LogP contribution in [0.5, 0.6) is 5.75 Å². The third-order valence-electron chi connectivity index (χ3n) is 4.60. The average Bonchev–Trinajstić information content (AvgIpc) is 3.32. The van der Waals surface area contributed by atoms with Crippen molar-refractivity contribution < 1.29 is 18.8 Å². The molecule has 0 radical (unpaired) electrons. The number of ether oxygens (including phenoxy) is 1. The van der Waals surface area contributed by atoms with Crippen molar-refractivity contribution in [2.45, 2.75) is 6.61 Å². The van der Waals surface area contributed by atoms with Gasteiger partial charge in [-0.15, -0.1) is 0 Å². The second kappa shape index (κ2) is 9.09. The number of amides is 1. The zero-order valence-electron chi connectivity index (χ0n) is 16.6. The maximum absolute atomic E-state index is 13.3. The van der Waals surface area contributed by atoms with Crippen LogP contribution in [0.15, 0.2) is 85.5 Å². The lowest BCUT2D eigenvalue weighted by Crippen LogP contribution is -2.13. The van der Waals surface area contributed by atoms with Crippen LogP contribution in [-0.2, 0) is 6.61 Å². The highest BCUT2D eigenvalue weighted by molar-refractivity contribution is 6.05. The van der Waals surface area contributed by atoms with Gasteiger partial charge in [0.05, 0.1) is 11.3 Å². The van der Waals surface area contributed by atoms with Crippen molar-refractivity contribution >= 4 is 17.3 Å². The molecule has 0 aliphatic rings. The van der Waals surface area contributed by atoms with Gasteiger partial charge < -0.3 is 14.6 Å². The molecule has 3 aromatic carbocycles. The van der Waals surface area contributed by atoms with Crippen molar-refractivity contribution in [2.24, 2.45) is 0 Å². The van der Waals surface area contributed by atoms with E-state index < -0.39 is 10.8 Å². The maximum atomic E-state index is 13.3. The van der Waals surface area contributed by atoms with Gasteiger partial charge in [0, 0.05) is 35.8 Å². The fourth-order valence-corrected chi connectivity index (χ4v) is 3.09. The highest BCUT2D eigenvalue weighted by Crippen LogP contribution is 2.25. The minimum absolute atomic E-state index is 0.131. The van der Waals surface area contributed by atoms with E-state index in [0.717, 1.165) is 0 Å². The number of carbonyl (C=O) groups excluding carboxylic acids is 1. The van der Waals surface area contributed by atoms with E-state index in [-0.39, 0.29) is 23.7 Å². The summed E-state index contributed by atoms with van der Waals surface area (Å²) in [5.74, 6) is -0.374. The quantitative estimate of drug-likeness (QED) is 0.336. The van der Waals surface area contributed by atoms with E-state index in [1.165, 1.54) is 47.4 Å². The molecule has 4 rings (SSSR count). The average molecular weight is 432 g/mol. The minimum Gasteiger partial charge on any atom is -0.489 e. The fraction of sp³-hybridized carbons (Fsp3) is 0.0435. The van der Waals surface area contributed by atoms with Gasteiger partial charge in [-0.1, -0.05) is 18.2 Å². The highest BCUT2D eigenvalue weighted by Gasteiger charge is 2.19. The number of benzene rings is 3. The number of anilines is 1. The minimum atomic E-state index is -0.549. The molecule has 1 heterocycles. The predicted octanol–water partition coefficient (Wildman–Crippen LogP) is 4.75. The van der Waals surface area contributed by atoms with Gasteiger partial charge >= 0.3 is 0 Å². The number of imidazole rings is 1. The lowest BCUT2D eigenvalue weighted by Gasteiger charge is -2.10. The maximum Gasteiger partial charge on any atom is 0.294 e. The number of nitrogens with one attached hydrogen (secondary N) is 1. The van der Waals surface area contributed by atoms with Crippen molar-refractivity contribution in [2.75, 3.05) is 5.32 Å². The van der Waals surface area contributed by atoms with Gasteiger partial charge in [0.15, 0.2) is 0 Å². The van der Waals surface area contributed by atoms with Gasteiger partial charge in [0.1, 0.15) is 23.9 Å². The molecule has 0 unspecified atom stereocenters. The number of hydrogen-bond acceptors (Lipinski definition) is 5. The summed E-state index contributed by atoms with van der Waals surface area (Å²) in [7, 11) is 0. The van der Waals surface area contributed by atoms with Gasteiger partial charge in [-0.2, -0.15) is 0 Å². The van der Waals surface area contributed by atoms with E-state index in [2.05, 4.69) is 10.3 Å². The fourth-order valence-electron chi connectivity index (χ4n) is 3.09. The van der Waals surface area contributed by atoms with Crippen molar-refractivity contribution in [1.29, 1.82) is 0 Å². The van der Waals surface area contributed by atoms with Crippen LogP contribution in [0.25, 0.3) is 5.69 Å². The van der Waals surface area contributed by atoms with Crippen molar-refractivity contribution in [3.8, 4) is 11.4 Å². The Labute approximate surface area is 182 Å². The Morgan fingerprint density at radius 3 is 2.72 bits per heavy atom. The standard InChI is InChI=1S/C23H17FN4O4/c24-18-4-1-3-16(11-18)14-32-20-6-2-5-19(13-20)26-23(29)17-7-8-21(22(12-17)28(30)31)27-10-9-25-15-27/h1-13,15H,14H2,(H,26,29). The first kappa shape index (κ1) is 20.7. The Morgan fingerprint density at radius 1 is 1.12 bits per heavy atom. The molecule has 0 aliphatic heterocycles. The summed E-state index contributed by atoms with van der Waals surface area (Å²) in [6, 6.07) is 17.0. The Kier molecular flexibility index (Phi) is 5.89. The van der Waals surface area contributed by atoms with Gasteiger partial charge in [0.25, 0.3) is 11.6 Å². The zero-order chi connectivity index (χ0) is 22.5. The highest BCUT2D eigenvalue weighted by atomic mass is 19.1. The summed E-state index contributed by atoms with van der Waals surface area (Å²) in [6.07, 6.45) is 4.53. The molecule has 0 fully saturated rings. The summed E-state index contributed by atoms with van der Waals surface area (Å²) in [5, 5.41) is 14.2. The monoisotopic (exact) mass is 432 g/mol. The number of nitro benzene ring substituents is 1. The first-order chi connectivity index (χ1) is 15.5. The van der Waals surface area contributed by atoms with E-state index in [1.54, 1.807) is 42.6 Å². The SMILES string of the molecule is O=C(Nc1cccc(OCc2cccc(F)c2)c1)c1ccc(-n2ccnc2)c([N+](=O)[O-])c1. The zero-order valence-corrected chi connectivity index (χ0v) is 16.6. The van der Waals surface area contributed by atoms with Crippen molar-refractivity contribution in [1.82, 2.24) is 9.55 Å². The van der Waals surface area contributed by atoms with Crippen LogP contribution in [0, 0.1) is 15.9 Å².